The summed E-state index contributed by atoms with van der Waals surface area (Å²) >= 11 is 1.40. The third-order valence-electron chi connectivity index (χ3n) is 4.07. The van der Waals surface area contributed by atoms with E-state index < -0.39 is 0 Å². The summed E-state index contributed by atoms with van der Waals surface area (Å²) in [6, 6.07) is 7.51. The number of benzene rings is 1. The first-order chi connectivity index (χ1) is 12.8. The van der Waals surface area contributed by atoms with Gasteiger partial charge in [-0.05, 0) is 12.1 Å². The van der Waals surface area contributed by atoms with Crippen LogP contribution in [0.3, 0.4) is 0 Å². The minimum absolute atomic E-state index is 0.0391. The predicted octanol–water partition coefficient (Wildman–Crippen LogP) is 0.796. The number of nitrogens with one attached hydrogen (secondary N) is 1. The minimum Gasteiger partial charge on any atom is -0.379 e. The van der Waals surface area contributed by atoms with Crippen LogP contribution < -0.4 is 5.32 Å². The maximum atomic E-state index is 12.2. The number of morpholine rings is 1. The number of hydrogen-bond donors (Lipinski definition) is 1. The van der Waals surface area contributed by atoms with E-state index in [-0.39, 0.29) is 12.5 Å². The van der Waals surface area contributed by atoms with Crippen molar-refractivity contribution in [3.63, 3.8) is 0 Å². The van der Waals surface area contributed by atoms with E-state index in [4.69, 9.17) is 4.74 Å². The van der Waals surface area contributed by atoms with Gasteiger partial charge in [-0.15, -0.1) is 10.2 Å². The summed E-state index contributed by atoms with van der Waals surface area (Å²) in [7, 11) is 0. The zero-order valence-corrected chi connectivity index (χ0v) is 15.0. The average molecular weight is 373 g/mol. The molecule has 1 aliphatic heterocycles. The molecule has 1 saturated heterocycles. The fraction of sp³-hybridized carbons (Fsp3) is 0.438. The molecule has 3 aromatic rings. The van der Waals surface area contributed by atoms with Crippen molar-refractivity contribution in [1.82, 2.24) is 30.1 Å². The third kappa shape index (κ3) is 4.21. The van der Waals surface area contributed by atoms with E-state index in [9.17, 15) is 4.79 Å². The second kappa shape index (κ2) is 7.85. The Morgan fingerprint density at radius 2 is 1.88 bits per heavy atom. The second-order valence-electron chi connectivity index (χ2n) is 5.97. The molecule has 0 radical (unpaired) electrons. The van der Waals surface area contributed by atoms with E-state index in [1.165, 1.54) is 16.1 Å². The van der Waals surface area contributed by atoms with Gasteiger partial charge >= 0.3 is 0 Å². The molecule has 2 aromatic heterocycles. The summed E-state index contributed by atoms with van der Waals surface area (Å²) in [5.41, 5.74) is 1.53. The van der Waals surface area contributed by atoms with Gasteiger partial charge < -0.3 is 4.74 Å². The number of aromatic nitrogens is 5. The first kappa shape index (κ1) is 17.0. The summed E-state index contributed by atoms with van der Waals surface area (Å²) in [6.07, 6.45) is 0.819. The molecule has 9 nitrogen and oxygen atoms in total. The number of anilines is 1. The first-order valence-corrected chi connectivity index (χ1v) is 9.30. The molecule has 1 N–H and O–H groups in total. The van der Waals surface area contributed by atoms with Crippen LogP contribution in [0.1, 0.15) is 5.01 Å². The van der Waals surface area contributed by atoms with Gasteiger partial charge in [-0.2, -0.15) is 15.0 Å². The van der Waals surface area contributed by atoms with Crippen LogP contribution in [0.5, 0.6) is 0 Å². The highest BCUT2D eigenvalue weighted by molar-refractivity contribution is 7.15. The summed E-state index contributed by atoms with van der Waals surface area (Å²) in [4.78, 5) is 15.9. The van der Waals surface area contributed by atoms with Crippen LogP contribution in [-0.4, -0.2) is 68.8 Å². The van der Waals surface area contributed by atoms with Crippen molar-refractivity contribution in [2.24, 2.45) is 0 Å². The van der Waals surface area contributed by atoms with Gasteiger partial charge in [0.25, 0.3) is 0 Å². The van der Waals surface area contributed by atoms with Gasteiger partial charge in [-0.1, -0.05) is 23.5 Å². The monoisotopic (exact) mass is 373 g/mol. The van der Waals surface area contributed by atoms with Gasteiger partial charge in [-0.3, -0.25) is 15.0 Å². The lowest BCUT2D eigenvalue weighted by molar-refractivity contribution is -0.117. The van der Waals surface area contributed by atoms with Crippen LogP contribution in [0.15, 0.2) is 24.3 Å². The fourth-order valence-electron chi connectivity index (χ4n) is 2.75. The number of nitrogens with zero attached hydrogens (tertiary/aromatic N) is 6. The van der Waals surface area contributed by atoms with Crippen molar-refractivity contribution < 1.29 is 9.53 Å². The van der Waals surface area contributed by atoms with Gasteiger partial charge in [0.1, 0.15) is 22.6 Å². The molecule has 0 aliphatic carbocycles. The van der Waals surface area contributed by atoms with E-state index in [2.05, 4.69) is 30.6 Å². The van der Waals surface area contributed by atoms with Crippen molar-refractivity contribution in [1.29, 1.82) is 0 Å². The normalized spacial score (nSPS) is 15.4. The van der Waals surface area contributed by atoms with Gasteiger partial charge in [0, 0.05) is 26.1 Å². The highest BCUT2D eigenvalue weighted by atomic mass is 32.1. The third-order valence-corrected chi connectivity index (χ3v) is 4.97. The maximum Gasteiger partial charge on any atom is 0.249 e. The molecule has 3 heterocycles. The Bertz CT molecular complexity index is 854. The van der Waals surface area contributed by atoms with Crippen molar-refractivity contribution in [2.45, 2.75) is 13.0 Å². The Morgan fingerprint density at radius 3 is 2.62 bits per heavy atom. The predicted molar refractivity (Wildman–Crippen MR) is 97.0 cm³/mol. The molecule has 0 saturated carbocycles. The molecule has 1 aliphatic rings. The van der Waals surface area contributed by atoms with E-state index in [0.717, 1.165) is 55.3 Å². The quantitative estimate of drug-likeness (QED) is 0.682. The van der Waals surface area contributed by atoms with Gasteiger partial charge in [0.05, 0.1) is 13.2 Å². The maximum absolute atomic E-state index is 12.2. The Hall–Kier alpha value is -2.43. The first-order valence-electron chi connectivity index (χ1n) is 8.48. The van der Waals surface area contributed by atoms with Crippen LogP contribution in [-0.2, 0) is 22.5 Å². The molecule has 0 atom stereocenters. The van der Waals surface area contributed by atoms with Crippen LogP contribution in [0, 0.1) is 0 Å². The number of ether oxygens (including phenoxy) is 1. The molecule has 4 rings (SSSR count). The Balaban J connectivity index is 1.29. The minimum atomic E-state index is -0.221. The topological polar surface area (TPSA) is 98.1 Å². The van der Waals surface area contributed by atoms with Gasteiger partial charge in [-0.25, -0.2) is 0 Å². The molecule has 0 unspecified atom stereocenters. The van der Waals surface area contributed by atoms with Crippen molar-refractivity contribution in [3.8, 4) is 0 Å². The van der Waals surface area contributed by atoms with E-state index in [1.54, 1.807) is 0 Å². The lowest BCUT2D eigenvalue weighted by Gasteiger charge is -2.25. The zero-order valence-electron chi connectivity index (χ0n) is 14.2. The molecule has 1 aromatic carbocycles. The Labute approximate surface area is 154 Å². The van der Waals surface area contributed by atoms with E-state index in [0.29, 0.717) is 5.13 Å². The van der Waals surface area contributed by atoms with Crippen LogP contribution >= 0.6 is 11.3 Å². The molecule has 10 heteroatoms. The number of amides is 1. The molecule has 1 fully saturated rings. The van der Waals surface area contributed by atoms with Crippen molar-refractivity contribution in [2.75, 3.05) is 38.2 Å². The number of rotatable bonds is 6. The molecule has 0 bridgehead atoms. The van der Waals surface area contributed by atoms with E-state index >= 15 is 0 Å². The highest BCUT2D eigenvalue weighted by Crippen LogP contribution is 2.16. The summed E-state index contributed by atoms with van der Waals surface area (Å²) < 4.78 is 5.34. The second-order valence-corrected chi connectivity index (χ2v) is 7.03. The molecule has 0 spiro atoms. The van der Waals surface area contributed by atoms with Crippen LogP contribution in [0.2, 0.25) is 0 Å². The molecule has 1 amide bonds. The molecular formula is C16H19N7O2S. The summed E-state index contributed by atoms with van der Waals surface area (Å²) in [6.45, 7) is 4.44. The molecule has 26 heavy (non-hydrogen) atoms. The number of carbonyl (C=O) groups is 1. The average Bonchev–Trinajstić information content (AvgIpc) is 3.26. The highest BCUT2D eigenvalue weighted by Gasteiger charge is 2.13. The Morgan fingerprint density at radius 1 is 1.15 bits per heavy atom. The SMILES string of the molecule is O=C(Cn1nc2ccccc2n1)Nc1nnc(CCN2CCOCC2)s1. The number of fused-ring (bicyclic) bond motifs is 1. The van der Waals surface area contributed by atoms with E-state index in [1.807, 2.05) is 24.3 Å². The van der Waals surface area contributed by atoms with Crippen molar-refractivity contribution >= 4 is 33.4 Å². The Kier molecular flexibility index (Phi) is 5.14. The summed E-state index contributed by atoms with van der Waals surface area (Å²) in [5.74, 6) is -0.221. The van der Waals surface area contributed by atoms with Crippen LogP contribution in [0.25, 0.3) is 11.0 Å². The standard InChI is InChI=1S/C16H19N7O2S/c24-14(11-23-20-12-3-1-2-4-13(12)21-23)17-16-19-18-15(26-16)5-6-22-7-9-25-10-8-22/h1-4H,5-11H2,(H,17,19,24). The fourth-order valence-corrected chi connectivity index (χ4v) is 3.49. The lowest BCUT2D eigenvalue weighted by atomic mass is 10.3. The zero-order chi connectivity index (χ0) is 17.8. The molecule has 136 valence electrons. The number of hydrogen-bond acceptors (Lipinski definition) is 8. The number of carbonyl (C=O) groups excluding carboxylic acids is 1. The largest absolute Gasteiger partial charge is 0.379 e. The molecular weight excluding hydrogens is 354 g/mol. The van der Waals surface area contributed by atoms with Gasteiger partial charge in [0.2, 0.25) is 11.0 Å². The van der Waals surface area contributed by atoms with Crippen LogP contribution in [0.4, 0.5) is 5.13 Å². The van der Waals surface area contributed by atoms with Crippen molar-refractivity contribution in [3.05, 3.63) is 29.3 Å². The lowest BCUT2D eigenvalue weighted by Crippen LogP contribution is -2.37. The smallest absolute Gasteiger partial charge is 0.249 e. The summed E-state index contributed by atoms with van der Waals surface area (Å²) in [5, 5.41) is 20.9. The van der Waals surface area contributed by atoms with Gasteiger partial charge in [0.15, 0.2) is 0 Å².